The van der Waals surface area contributed by atoms with E-state index < -0.39 is 17.5 Å². The number of nitrogens with one attached hydrogen (secondary N) is 2. The lowest BCUT2D eigenvalue weighted by Crippen LogP contribution is -2.43. The van der Waals surface area contributed by atoms with Gasteiger partial charge in [-0.2, -0.15) is 5.26 Å². The Balaban J connectivity index is 1.25. The maximum Gasteiger partial charge on any atom is 0.255 e. The van der Waals surface area contributed by atoms with E-state index in [1.807, 2.05) is 6.92 Å². The van der Waals surface area contributed by atoms with Crippen LogP contribution in [0.1, 0.15) is 73.4 Å². The number of rotatable bonds is 10. The van der Waals surface area contributed by atoms with E-state index in [2.05, 4.69) is 16.7 Å². The first kappa shape index (κ1) is 30.5. The van der Waals surface area contributed by atoms with E-state index in [-0.39, 0.29) is 65.1 Å². The first-order chi connectivity index (χ1) is 20.6. The molecule has 2 aromatic carbocycles. The lowest BCUT2D eigenvalue weighted by atomic mass is 9.76. The Morgan fingerprint density at radius 2 is 1.79 bits per heavy atom. The molecule has 0 heterocycles. The predicted octanol–water partition coefficient (Wildman–Crippen LogP) is 5.08. The molecule has 3 saturated carbocycles. The van der Waals surface area contributed by atoms with Crippen LogP contribution in [0.15, 0.2) is 30.3 Å². The molecule has 5 rings (SSSR count). The van der Waals surface area contributed by atoms with E-state index in [9.17, 15) is 28.4 Å². The highest BCUT2D eigenvalue weighted by molar-refractivity contribution is 5.97. The predicted molar refractivity (Wildman–Crippen MR) is 153 cm³/mol. The fourth-order valence-electron chi connectivity index (χ4n) is 7.13. The van der Waals surface area contributed by atoms with E-state index in [4.69, 9.17) is 9.47 Å². The maximum atomic E-state index is 13.6. The summed E-state index contributed by atoms with van der Waals surface area (Å²) in [6.07, 6.45) is 6.36. The number of fused-ring (bicyclic) bond motifs is 2. The van der Waals surface area contributed by atoms with Crippen molar-refractivity contribution in [3.8, 4) is 17.6 Å². The van der Waals surface area contributed by atoms with Gasteiger partial charge in [0.15, 0.2) is 11.6 Å². The first-order valence-electron chi connectivity index (χ1n) is 14.9. The third-order valence-corrected chi connectivity index (χ3v) is 9.66. The molecule has 0 unspecified atom stereocenters. The van der Waals surface area contributed by atoms with Crippen LogP contribution in [0.3, 0.4) is 0 Å². The van der Waals surface area contributed by atoms with Gasteiger partial charge in [-0.3, -0.25) is 9.59 Å². The molecule has 43 heavy (non-hydrogen) atoms. The monoisotopic (exact) mass is 593 g/mol. The minimum absolute atomic E-state index is 0.0675. The van der Waals surface area contributed by atoms with Crippen molar-refractivity contribution in [1.82, 2.24) is 10.6 Å². The summed E-state index contributed by atoms with van der Waals surface area (Å²) in [5.41, 5.74) is 0.587. The summed E-state index contributed by atoms with van der Waals surface area (Å²) >= 11 is 0. The number of halogens is 2. The van der Waals surface area contributed by atoms with E-state index in [1.54, 1.807) is 0 Å². The Hall–Kier alpha value is -4.00. The van der Waals surface area contributed by atoms with Crippen LogP contribution in [0.4, 0.5) is 8.78 Å². The Morgan fingerprint density at radius 1 is 1.05 bits per heavy atom. The van der Waals surface area contributed by atoms with Crippen molar-refractivity contribution < 1.29 is 32.6 Å². The summed E-state index contributed by atoms with van der Waals surface area (Å²) in [4.78, 5) is 38.2. The average molecular weight is 594 g/mol. The van der Waals surface area contributed by atoms with Crippen LogP contribution in [0.2, 0.25) is 0 Å². The van der Waals surface area contributed by atoms with Crippen molar-refractivity contribution >= 4 is 18.1 Å². The molecule has 3 fully saturated rings. The van der Waals surface area contributed by atoms with Gasteiger partial charge < -0.3 is 24.9 Å². The number of nitrogens with zero attached hydrogens (tertiary/aromatic N) is 1. The van der Waals surface area contributed by atoms with Crippen LogP contribution in [-0.4, -0.2) is 37.9 Å². The van der Waals surface area contributed by atoms with Gasteiger partial charge in [-0.25, -0.2) is 8.78 Å². The van der Waals surface area contributed by atoms with E-state index >= 15 is 0 Å². The van der Waals surface area contributed by atoms with Gasteiger partial charge in [0.25, 0.3) is 5.91 Å². The number of carbonyl (C=O) groups excluding carboxylic acids is 3. The van der Waals surface area contributed by atoms with Crippen molar-refractivity contribution in [3.05, 3.63) is 58.7 Å². The van der Waals surface area contributed by atoms with Crippen molar-refractivity contribution in [2.75, 3.05) is 13.7 Å². The zero-order chi connectivity index (χ0) is 30.7. The molecule has 10 heteroatoms. The number of ether oxygens (including phenoxy) is 2. The van der Waals surface area contributed by atoms with Crippen molar-refractivity contribution in [3.63, 3.8) is 0 Å². The maximum absolute atomic E-state index is 13.6. The summed E-state index contributed by atoms with van der Waals surface area (Å²) in [6.45, 7) is 2.31. The molecule has 2 amide bonds. The van der Waals surface area contributed by atoms with Crippen LogP contribution in [0.25, 0.3) is 0 Å². The normalized spacial score (nSPS) is 27.7. The smallest absolute Gasteiger partial charge is 0.255 e. The molecule has 3 aliphatic carbocycles. The topological polar surface area (TPSA) is 118 Å². The van der Waals surface area contributed by atoms with Crippen LogP contribution in [0, 0.1) is 52.1 Å². The highest BCUT2D eigenvalue weighted by Crippen LogP contribution is 2.52. The number of amides is 2. The second-order valence-electron chi connectivity index (χ2n) is 12.4. The minimum Gasteiger partial charge on any atom is -0.496 e. The molecule has 4 atom stereocenters. The molecule has 0 aromatic heterocycles. The number of hydrogen-bond acceptors (Lipinski definition) is 6. The summed E-state index contributed by atoms with van der Waals surface area (Å²) in [5.74, 6) is -1.77. The summed E-state index contributed by atoms with van der Waals surface area (Å²) < 4.78 is 38.5. The Morgan fingerprint density at radius 3 is 2.47 bits per heavy atom. The second kappa shape index (κ2) is 12.7. The molecule has 8 nitrogen and oxygen atoms in total. The molecule has 2 bridgehead atoms. The van der Waals surface area contributed by atoms with Crippen LogP contribution >= 0.6 is 0 Å². The van der Waals surface area contributed by atoms with Gasteiger partial charge in [-0.1, -0.05) is 13.0 Å². The molecular weight excluding hydrogens is 556 g/mol. The standard InChI is InChI=1S/C33H37F2N3O5/c1-33(18-39)9-7-23(8-10-33)43-28-14-24(29(42-2)13-22(28)15-36)31(40)38-17-25-20-4-5-21(12-20)30(25)32(41)37-16-19-3-6-26(34)27(35)11-19/h3,6,11,13-14,18,20-21,23,25,30H,4-5,7-10,12,16-17H2,1-2H3,(H,37,41)(H,38,40)/t20-,21+,23-,25+,30-,33+/m0/s1. The summed E-state index contributed by atoms with van der Waals surface area (Å²) in [7, 11) is 1.43. The average Bonchev–Trinajstić information content (AvgIpc) is 3.63. The first-order valence-corrected chi connectivity index (χ1v) is 14.9. The van der Waals surface area contributed by atoms with Crippen molar-refractivity contribution in [1.29, 1.82) is 5.26 Å². The van der Waals surface area contributed by atoms with Gasteiger partial charge in [-0.15, -0.1) is 0 Å². The minimum atomic E-state index is -0.960. The molecule has 3 aliphatic rings. The SMILES string of the molecule is COc1cc(C#N)c(O[C@H]2CC[C@@](C)(C=O)CC2)cc1C(=O)NC[C@@H]1[C@H]2CC[C@H](C2)[C@@H]1C(=O)NCc1ccc(F)c(F)c1. The van der Waals surface area contributed by atoms with Gasteiger partial charge in [0.1, 0.15) is 23.9 Å². The van der Waals surface area contributed by atoms with E-state index in [0.29, 0.717) is 42.9 Å². The van der Waals surface area contributed by atoms with E-state index in [1.165, 1.54) is 25.3 Å². The quantitative estimate of drug-likeness (QED) is 0.371. The molecule has 2 aromatic rings. The highest BCUT2D eigenvalue weighted by atomic mass is 19.2. The van der Waals surface area contributed by atoms with Crippen molar-refractivity contribution in [2.45, 2.75) is 64.5 Å². The fourth-order valence-corrected chi connectivity index (χ4v) is 7.13. The molecule has 0 spiro atoms. The molecule has 0 aliphatic heterocycles. The number of aldehydes is 1. The Kier molecular flexibility index (Phi) is 9.00. The zero-order valence-corrected chi connectivity index (χ0v) is 24.5. The largest absolute Gasteiger partial charge is 0.496 e. The van der Waals surface area contributed by atoms with Gasteiger partial charge in [0, 0.05) is 30.5 Å². The van der Waals surface area contributed by atoms with Crippen LogP contribution < -0.4 is 20.1 Å². The van der Waals surface area contributed by atoms with E-state index in [0.717, 1.165) is 37.7 Å². The number of benzene rings is 2. The highest BCUT2D eigenvalue weighted by Gasteiger charge is 2.50. The number of nitriles is 1. The van der Waals surface area contributed by atoms with Gasteiger partial charge in [0.05, 0.1) is 24.3 Å². The number of methoxy groups -OCH3 is 1. The lowest BCUT2D eigenvalue weighted by Gasteiger charge is -2.33. The molecule has 2 N–H and O–H groups in total. The Bertz CT molecular complexity index is 1430. The molecule has 0 radical (unpaired) electrons. The molecule has 228 valence electrons. The van der Waals surface area contributed by atoms with Gasteiger partial charge in [0.2, 0.25) is 5.91 Å². The lowest BCUT2D eigenvalue weighted by molar-refractivity contribution is -0.128. The molecule has 0 saturated heterocycles. The van der Waals surface area contributed by atoms with Gasteiger partial charge >= 0.3 is 0 Å². The zero-order valence-electron chi connectivity index (χ0n) is 24.5. The molecular formula is C33H37F2N3O5. The third-order valence-electron chi connectivity index (χ3n) is 9.66. The van der Waals surface area contributed by atoms with Crippen LogP contribution in [0.5, 0.6) is 11.5 Å². The fraction of sp³-hybridized carbons (Fsp3) is 0.515. The number of hydrogen-bond donors (Lipinski definition) is 2. The Labute approximate surface area is 250 Å². The van der Waals surface area contributed by atoms with Gasteiger partial charge in [-0.05, 0) is 86.5 Å². The second-order valence-corrected chi connectivity index (χ2v) is 12.4. The summed E-state index contributed by atoms with van der Waals surface area (Å²) in [6, 6.07) is 8.71. The van der Waals surface area contributed by atoms with Crippen LogP contribution in [-0.2, 0) is 16.1 Å². The third kappa shape index (κ3) is 6.51. The number of carbonyl (C=O) groups is 3. The summed E-state index contributed by atoms with van der Waals surface area (Å²) in [5, 5.41) is 15.6. The van der Waals surface area contributed by atoms with Crippen molar-refractivity contribution in [2.24, 2.45) is 29.1 Å².